The molecule has 0 amide bonds. The van der Waals surface area contributed by atoms with Crippen molar-refractivity contribution < 1.29 is 0 Å². The first kappa shape index (κ1) is 12.2. The maximum atomic E-state index is 5.67. The lowest BCUT2D eigenvalue weighted by atomic mass is 9.96. The maximum absolute atomic E-state index is 5.67. The highest BCUT2D eigenvalue weighted by Gasteiger charge is 2.35. The van der Waals surface area contributed by atoms with Gasteiger partial charge in [0.15, 0.2) is 0 Å². The van der Waals surface area contributed by atoms with Gasteiger partial charge in [0.25, 0.3) is 0 Å². The van der Waals surface area contributed by atoms with Gasteiger partial charge in [0.1, 0.15) is 11.6 Å². The molecular weight excluding hydrogens is 212 g/mol. The molecule has 0 unspecified atom stereocenters. The van der Waals surface area contributed by atoms with Crippen LogP contribution in [0, 0.1) is 0 Å². The van der Waals surface area contributed by atoms with Crippen LogP contribution in [0.3, 0.4) is 0 Å². The van der Waals surface area contributed by atoms with Crippen LogP contribution in [-0.4, -0.2) is 36.1 Å². The van der Waals surface area contributed by atoms with Gasteiger partial charge in [0, 0.05) is 12.1 Å². The summed E-state index contributed by atoms with van der Waals surface area (Å²) in [7, 11) is 4.33. The number of nitrogen functional groups attached to an aromatic ring is 1. The van der Waals surface area contributed by atoms with E-state index in [9.17, 15) is 0 Å². The summed E-state index contributed by atoms with van der Waals surface area (Å²) in [6, 6.07) is 5.71. The zero-order chi connectivity index (χ0) is 12.3. The van der Waals surface area contributed by atoms with Gasteiger partial charge in [0.05, 0.1) is 0 Å². The van der Waals surface area contributed by atoms with Crippen molar-refractivity contribution >= 4 is 11.6 Å². The molecule has 0 atom stereocenters. The van der Waals surface area contributed by atoms with E-state index in [1.807, 2.05) is 18.2 Å². The van der Waals surface area contributed by atoms with Gasteiger partial charge in [-0.15, -0.1) is 0 Å². The Morgan fingerprint density at radius 3 is 2.65 bits per heavy atom. The SMILES string of the molecule is CN(C)C1(CNc2cccc(N)n2)CCCC1. The number of hydrogen-bond acceptors (Lipinski definition) is 4. The van der Waals surface area contributed by atoms with Gasteiger partial charge in [-0.25, -0.2) is 4.98 Å². The molecule has 4 heteroatoms. The Labute approximate surface area is 103 Å². The standard InChI is InChI=1S/C13H22N4/c1-17(2)13(8-3-4-9-13)10-15-12-7-5-6-11(14)16-12/h5-7H,3-4,8-10H2,1-2H3,(H3,14,15,16). The molecule has 3 N–H and O–H groups in total. The summed E-state index contributed by atoms with van der Waals surface area (Å²) in [5.41, 5.74) is 5.96. The molecule has 0 aromatic carbocycles. The molecule has 0 radical (unpaired) electrons. The average molecular weight is 234 g/mol. The van der Waals surface area contributed by atoms with Gasteiger partial charge < -0.3 is 16.0 Å². The summed E-state index contributed by atoms with van der Waals surface area (Å²) in [5, 5.41) is 3.42. The van der Waals surface area contributed by atoms with E-state index in [1.165, 1.54) is 25.7 Å². The van der Waals surface area contributed by atoms with Crippen LogP contribution in [0.1, 0.15) is 25.7 Å². The molecule has 1 aromatic heterocycles. The zero-order valence-corrected chi connectivity index (χ0v) is 10.7. The molecule has 0 spiro atoms. The van der Waals surface area contributed by atoms with E-state index in [4.69, 9.17) is 5.73 Å². The quantitative estimate of drug-likeness (QED) is 0.836. The van der Waals surface area contributed by atoms with Crippen molar-refractivity contribution in [2.45, 2.75) is 31.2 Å². The molecule has 0 aliphatic heterocycles. The van der Waals surface area contributed by atoms with Gasteiger partial charge in [-0.05, 0) is 39.1 Å². The third-order valence-corrected chi connectivity index (χ3v) is 3.85. The van der Waals surface area contributed by atoms with Crippen LogP contribution in [0.2, 0.25) is 0 Å². The van der Waals surface area contributed by atoms with Crippen molar-refractivity contribution in [2.75, 3.05) is 31.7 Å². The number of nitrogens with zero attached hydrogens (tertiary/aromatic N) is 2. The zero-order valence-electron chi connectivity index (χ0n) is 10.7. The van der Waals surface area contributed by atoms with Crippen LogP contribution in [0.4, 0.5) is 11.6 Å². The lowest BCUT2D eigenvalue weighted by Crippen LogP contribution is -2.47. The molecular formula is C13H22N4. The van der Waals surface area contributed by atoms with E-state index in [-0.39, 0.29) is 5.54 Å². The largest absolute Gasteiger partial charge is 0.384 e. The molecule has 1 aliphatic rings. The Hall–Kier alpha value is -1.29. The fourth-order valence-corrected chi connectivity index (χ4v) is 2.62. The minimum Gasteiger partial charge on any atom is -0.384 e. The molecule has 94 valence electrons. The number of hydrogen-bond donors (Lipinski definition) is 2. The topological polar surface area (TPSA) is 54.2 Å². The number of nitrogens with one attached hydrogen (secondary N) is 1. The summed E-state index contributed by atoms with van der Waals surface area (Å²) in [4.78, 5) is 6.62. The maximum Gasteiger partial charge on any atom is 0.128 e. The third kappa shape index (κ3) is 2.69. The van der Waals surface area contributed by atoms with E-state index in [2.05, 4.69) is 29.3 Å². The number of pyridine rings is 1. The average Bonchev–Trinajstić information content (AvgIpc) is 2.76. The Balaban J connectivity index is 2.01. The van der Waals surface area contributed by atoms with Crippen LogP contribution in [0.15, 0.2) is 18.2 Å². The lowest BCUT2D eigenvalue weighted by Gasteiger charge is -2.36. The Bertz CT molecular complexity index is 369. The van der Waals surface area contributed by atoms with Gasteiger partial charge in [-0.2, -0.15) is 0 Å². The predicted octanol–water partition coefficient (Wildman–Crippen LogP) is 1.95. The van der Waals surface area contributed by atoms with Crippen molar-refractivity contribution in [2.24, 2.45) is 0 Å². The van der Waals surface area contributed by atoms with Crippen LogP contribution in [0.5, 0.6) is 0 Å². The molecule has 1 aliphatic carbocycles. The van der Waals surface area contributed by atoms with Gasteiger partial charge in [-0.3, -0.25) is 0 Å². The fourth-order valence-electron chi connectivity index (χ4n) is 2.62. The second-order valence-corrected chi connectivity index (χ2v) is 5.13. The number of aromatic nitrogens is 1. The van der Waals surface area contributed by atoms with Crippen LogP contribution in [0.25, 0.3) is 0 Å². The summed E-state index contributed by atoms with van der Waals surface area (Å²) in [5.74, 6) is 1.44. The molecule has 1 fully saturated rings. The highest BCUT2D eigenvalue weighted by molar-refractivity contribution is 5.42. The second-order valence-electron chi connectivity index (χ2n) is 5.13. The fraction of sp³-hybridized carbons (Fsp3) is 0.615. The Morgan fingerprint density at radius 1 is 1.35 bits per heavy atom. The molecule has 1 heterocycles. The second kappa shape index (κ2) is 4.92. The first-order chi connectivity index (χ1) is 8.12. The minimum absolute atomic E-state index is 0.284. The number of nitrogens with two attached hydrogens (primary N) is 1. The predicted molar refractivity (Wildman–Crippen MR) is 72.0 cm³/mol. The molecule has 0 saturated heterocycles. The molecule has 1 aromatic rings. The molecule has 2 rings (SSSR count). The summed E-state index contributed by atoms with van der Waals surface area (Å²) >= 11 is 0. The highest BCUT2D eigenvalue weighted by atomic mass is 15.2. The molecule has 17 heavy (non-hydrogen) atoms. The molecule has 4 nitrogen and oxygen atoms in total. The summed E-state index contributed by atoms with van der Waals surface area (Å²) in [6.45, 7) is 0.941. The Kier molecular flexibility index (Phi) is 3.52. The van der Waals surface area contributed by atoms with E-state index >= 15 is 0 Å². The molecule has 0 bridgehead atoms. The van der Waals surface area contributed by atoms with Crippen LogP contribution < -0.4 is 11.1 Å². The van der Waals surface area contributed by atoms with Crippen LogP contribution >= 0.6 is 0 Å². The summed E-state index contributed by atoms with van der Waals surface area (Å²) in [6.07, 6.45) is 5.17. The number of anilines is 2. The van der Waals surface area contributed by atoms with E-state index in [0.29, 0.717) is 5.82 Å². The first-order valence-electron chi connectivity index (χ1n) is 6.26. The van der Waals surface area contributed by atoms with Gasteiger partial charge >= 0.3 is 0 Å². The monoisotopic (exact) mass is 234 g/mol. The van der Waals surface area contributed by atoms with E-state index in [1.54, 1.807) is 0 Å². The normalized spacial score (nSPS) is 18.5. The minimum atomic E-state index is 0.284. The van der Waals surface area contributed by atoms with Crippen molar-refractivity contribution in [1.82, 2.24) is 9.88 Å². The smallest absolute Gasteiger partial charge is 0.128 e. The molecule has 1 saturated carbocycles. The number of likely N-dealkylation sites (N-methyl/N-ethyl adjacent to an activating group) is 1. The van der Waals surface area contributed by atoms with Crippen molar-refractivity contribution in [3.8, 4) is 0 Å². The van der Waals surface area contributed by atoms with Crippen molar-refractivity contribution in [3.05, 3.63) is 18.2 Å². The number of rotatable bonds is 4. The highest BCUT2D eigenvalue weighted by Crippen LogP contribution is 2.33. The van der Waals surface area contributed by atoms with Crippen molar-refractivity contribution in [1.29, 1.82) is 0 Å². The Morgan fingerprint density at radius 2 is 2.06 bits per heavy atom. The first-order valence-corrected chi connectivity index (χ1v) is 6.26. The summed E-state index contributed by atoms with van der Waals surface area (Å²) < 4.78 is 0. The van der Waals surface area contributed by atoms with E-state index in [0.717, 1.165) is 12.4 Å². The van der Waals surface area contributed by atoms with Gasteiger partial charge in [0.2, 0.25) is 0 Å². The van der Waals surface area contributed by atoms with E-state index < -0.39 is 0 Å². The van der Waals surface area contributed by atoms with Crippen LogP contribution in [-0.2, 0) is 0 Å². The lowest BCUT2D eigenvalue weighted by molar-refractivity contribution is 0.172. The van der Waals surface area contributed by atoms with Crippen molar-refractivity contribution in [3.63, 3.8) is 0 Å². The third-order valence-electron chi connectivity index (χ3n) is 3.85. The van der Waals surface area contributed by atoms with Gasteiger partial charge in [-0.1, -0.05) is 18.9 Å².